The predicted octanol–water partition coefficient (Wildman–Crippen LogP) is 4.02. The number of fused-ring (bicyclic) bond motifs is 3. The Bertz CT molecular complexity index is 1160. The zero-order valence-electron chi connectivity index (χ0n) is 15.9. The lowest BCUT2D eigenvalue weighted by Crippen LogP contribution is -2.36. The minimum Gasteiger partial charge on any atom is -0.459 e. The summed E-state index contributed by atoms with van der Waals surface area (Å²) in [5.41, 5.74) is 1.72. The van der Waals surface area contributed by atoms with Crippen LogP contribution in [0.1, 0.15) is 30.2 Å². The standard InChI is InChI=1S/C22H22FNO4S/c23-15-2-1-3-16(12-15)29(25,26)17-4-5-18-19-6-9-24-21(14-7-10-27-11-8-14)22(19)28-20(18)13-17/h1-5,12-14,21,24H,6-11H2. The van der Waals surface area contributed by atoms with Crippen molar-refractivity contribution in [3.05, 3.63) is 59.6 Å². The Labute approximate surface area is 168 Å². The van der Waals surface area contributed by atoms with Gasteiger partial charge in [-0.1, -0.05) is 6.07 Å². The highest BCUT2D eigenvalue weighted by Crippen LogP contribution is 2.40. The van der Waals surface area contributed by atoms with Crippen LogP contribution in [0.15, 0.2) is 56.7 Å². The van der Waals surface area contributed by atoms with Gasteiger partial charge in [-0.25, -0.2) is 12.8 Å². The van der Waals surface area contributed by atoms with Crippen molar-refractivity contribution in [1.82, 2.24) is 5.32 Å². The molecule has 2 aromatic carbocycles. The molecule has 1 aromatic heterocycles. The Morgan fingerprint density at radius 1 is 1.03 bits per heavy atom. The van der Waals surface area contributed by atoms with Crippen LogP contribution in [-0.2, 0) is 21.0 Å². The largest absolute Gasteiger partial charge is 0.459 e. The lowest BCUT2D eigenvalue weighted by atomic mass is 9.86. The van der Waals surface area contributed by atoms with Gasteiger partial charge in [-0.3, -0.25) is 0 Å². The average Bonchev–Trinajstić information content (AvgIpc) is 3.12. The third-order valence-electron chi connectivity index (χ3n) is 5.97. The molecule has 1 fully saturated rings. The van der Waals surface area contributed by atoms with Gasteiger partial charge >= 0.3 is 0 Å². The molecule has 1 N–H and O–H groups in total. The minimum absolute atomic E-state index is 0.0603. The van der Waals surface area contributed by atoms with Crippen LogP contribution in [0.25, 0.3) is 11.0 Å². The molecule has 2 aliphatic rings. The van der Waals surface area contributed by atoms with Gasteiger partial charge in [-0.05, 0) is 55.5 Å². The van der Waals surface area contributed by atoms with Crippen molar-refractivity contribution in [2.24, 2.45) is 5.92 Å². The van der Waals surface area contributed by atoms with E-state index in [1.807, 2.05) is 6.07 Å². The summed E-state index contributed by atoms with van der Waals surface area (Å²) < 4.78 is 51.1. The second-order valence-electron chi connectivity index (χ2n) is 7.70. The van der Waals surface area contributed by atoms with Gasteiger partial charge in [0.15, 0.2) is 0 Å². The molecular formula is C22H22FNO4S. The Balaban J connectivity index is 1.57. The molecule has 1 unspecified atom stereocenters. The van der Waals surface area contributed by atoms with Gasteiger partial charge in [0.25, 0.3) is 0 Å². The number of sulfone groups is 1. The fourth-order valence-corrected chi connectivity index (χ4v) is 5.78. The van der Waals surface area contributed by atoms with Gasteiger partial charge < -0.3 is 14.5 Å². The maximum absolute atomic E-state index is 13.5. The molecule has 5 rings (SSSR count). The van der Waals surface area contributed by atoms with E-state index in [2.05, 4.69) is 5.32 Å². The molecule has 0 aliphatic carbocycles. The Hall–Kier alpha value is -2.22. The summed E-state index contributed by atoms with van der Waals surface area (Å²) >= 11 is 0. The summed E-state index contributed by atoms with van der Waals surface area (Å²) in [5.74, 6) is 0.781. The lowest BCUT2D eigenvalue weighted by Gasteiger charge is -2.32. The van der Waals surface area contributed by atoms with E-state index in [4.69, 9.17) is 9.15 Å². The fourth-order valence-electron chi connectivity index (χ4n) is 4.47. The van der Waals surface area contributed by atoms with Crippen LogP contribution in [0.2, 0.25) is 0 Å². The van der Waals surface area contributed by atoms with E-state index in [1.54, 1.807) is 12.1 Å². The third-order valence-corrected chi connectivity index (χ3v) is 7.72. The van der Waals surface area contributed by atoms with E-state index in [0.717, 1.165) is 61.8 Å². The molecule has 0 amide bonds. The number of halogens is 1. The summed E-state index contributed by atoms with van der Waals surface area (Å²) in [5, 5.41) is 4.53. The van der Waals surface area contributed by atoms with E-state index in [0.29, 0.717) is 11.5 Å². The smallest absolute Gasteiger partial charge is 0.206 e. The molecule has 1 atom stereocenters. The van der Waals surface area contributed by atoms with Crippen LogP contribution in [0.4, 0.5) is 4.39 Å². The Morgan fingerprint density at radius 2 is 1.83 bits per heavy atom. The number of hydrogen-bond acceptors (Lipinski definition) is 5. The first-order valence-corrected chi connectivity index (χ1v) is 11.4. The molecule has 3 heterocycles. The summed E-state index contributed by atoms with van der Waals surface area (Å²) in [4.78, 5) is 0.0483. The van der Waals surface area contributed by atoms with Crippen molar-refractivity contribution < 1.29 is 22.0 Å². The molecule has 3 aromatic rings. The van der Waals surface area contributed by atoms with E-state index < -0.39 is 15.7 Å². The highest BCUT2D eigenvalue weighted by atomic mass is 32.2. The molecule has 0 bridgehead atoms. The molecule has 0 radical (unpaired) electrons. The lowest BCUT2D eigenvalue weighted by molar-refractivity contribution is 0.0498. The first-order valence-electron chi connectivity index (χ1n) is 9.91. The van der Waals surface area contributed by atoms with Crippen molar-refractivity contribution in [2.75, 3.05) is 19.8 Å². The van der Waals surface area contributed by atoms with Crippen molar-refractivity contribution in [1.29, 1.82) is 0 Å². The number of ether oxygens (including phenoxy) is 1. The SMILES string of the molecule is O=S(=O)(c1cccc(F)c1)c1ccc2c3c(oc2c1)C(C1CCOCC1)NCC3. The molecule has 29 heavy (non-hydrogen) atoms. The first-order chi connectivity index (χ1) is 14.0. The second-order valence-corrected chi connectivity index (χ2v) is 9.64. The number of benzene rings is 2. The van der Waals surface area contributed by atoms with Crippen molar-refractivity contribution in [3.8, 4) is 0 Å². The van der Waals surface area contributed by atoms with Crippen molar-refractivity contribution in [2.45, 2.75) is 35.1 Å². The fraction of sp³-hybridized carbons (Fsp3) is 0.364. The summed E-state index contributed by atoms with van der Waals surface area (Å²) in [6, 6.07) is 10.2. The zero-order chi connectivity index (χ0) is 20.0. The van der Waals surface area contributed by atoms with Crippen LogP contribution >= 0.6 is 0 Å². The van der Waals surface area contributed by atoms with Gasteiger partial charge in [0, 0.05) is 36.8 Å². The molecule has 2 aliphatic heterocycles. The van der Waals surface area contributed by atoms with Crippen LogP contribution in [0.3, 0.4) is 0 Å². The van der Waals surface area contributed by atoms with Gasteiger partial charge in [0.1, 0.15) is 17.2 Å². The number of nitrogens with one attached hydrogen (secondary N) is 1. The summed E-state index contributed by atoms with van der Waals surface area (Å²) in [6.45, 7) is 2.38. The van der Waals surface area contributed by atoms with Crippen molar-refractivity contribution >= 4 is 20.8 Å². The average molecular weight is 415 g/mol. The quantitative estimate of drug-likeness (QED) is 0.700. The maximum Gasteiger partial charge on any atom is 0.206 e. The number of rotatable bonds is 3. The first kappa shape index (κ1) is 18.8. The van der Waals surface area contributed by atoms with E-state index in [-0.39, 0.29) is 15.8 Å². The minimum atomic E-state index is -3.82. The molecule has 5 nitrogen and oxygen atoms in total. The predicted molar refractivity (Wildman–Crippen MR) is 106 cm³/mol. The van der Waals surface area contributed by atoms with E-state index >= 15 is 0 Å². The normalized spacial score (nSPS) is 20.7. The second kappa shape index (κ2) is 7.23. The zero-order valence-corrected chi connectivity index (χ0v) is 16.7. The molecule has 152 valence electrons. The van der Waals surface area contributed by atoms with Crippen LogP contribution in [0.5, 0.6) is 0 Å². The highest BCUT2D eigenvalue weighted by Gasteiger charge is 2.33. The topological polar surface area (TPSA) is 68.5 Å². The molecule has 1 saturated heterocycles. The Kier molecular flexibility index (Phi) is 4.69. The maximum atomic E-state index is 13.5. The Morgan fingerprint density at radius 3 is 2.62 bits per heavy atom. The summed E-state index contributed by atoms with van der Waals surface area (Å²) in [6.07, 6.45) is 2.80. The molecule has 0 saturated carbocycles. The van der Waals surface area contributed by atoms with Crippen LogP contribution in [-0.4, -0.2) is 28.2 Å². The molecule has 7 heteroatoms. The van der Waals surface area contributed by atoms with Crippen LogP contribution in [0, 0.1) is 11.7 Å². The number of hydrogen-bond donors (Lipinski definition) is 1. The molecular weight excluding hydrogens is 393 g/mol. The monoisotopic (exact) mass is 415 g/mol. The van der Waals surface area contributed by atoms with E-state index in [1.165, 1.54) is 18.2 Å². The van der Waals surface area contributed by atoms with Crippen molar-refractivity contribution in [3.63, 3.8) is 0 Å². The van der Waals surface area contributed by atoms with E-state index in [9.17, 15) is 12.8 Å². The van der Waals surface area contributed by atoms with Gasteiger partial charge in [0.05, 0.1) is 15.8 Å². The highest BCUT2D eigenvalue weighted by molar-refractivity contribution is 7.91. The third kappa shape index (κ3) is 3.27. The van der Waals surface area contributed by atoms with Crippen LogP contribution < -0.4 is 5.32 Å². The van der Waals surface area contributed by atoms with Gasteiger partial charge in [0.2, 0.25) is 9.84 Å². The number of furan rings is 1. The summed E-state index contributed by atoms with van der Waals surface area (Å²) in [7, 11) is -3.82. The van der Waals surface area contributed by atoms with Gasteiger partial charge in [-0.15, -0.1) is 0 Å². The van der Waals surface area contributed by atoms with Gasteiger partial charge in [-0.2, -0.15) is 0 Å². The molecule has 0 spiro atoms.